The molecule has 0 atom stereocenters. The molecule has 0 aliphatic carbocycles. The molecule has 0 fully saturated rings. The monoisotopic (exact) mass is 358 g/mol. The number of anilines is 3. The summed E-state index contributed by atoms with van der Waals surface area (Å²) in [6.07, 6.45) is 1.55. The van der Waals surface area contributed by atoms with E-state index in [-0.39, 0.29) is 5.69 Å². The number of nitrogens with one attached hydrogen (secondary N) is 2. The number of nitriles is 1. The summed E-state index contributed by atoms with van der Waals surface area (Å²) >= 11 is 0. The number of hydrogen-bond acceptors (Lipinski definition) is 5. The molecule has 1 amide bonds. The Morgan fingerprint density at radius 1 is 1.11 bits per heavy atom. The van der Waals surface area contributed by atoms with E-state index in [9.17, 15) is 4.79 Å². The maximum Gasteiger partial charge on any atom is 0.274 e. The zero-order valence-corrected chi connectivity index (χ0v) is 15.0. The van der Waals surface area contributed by atoms with Crippen molar-refractivity contribution in [3.8, 4) is 11.8 Å². The zero-order chi connectivity index (χ0) is 19.2. The summed E-state index contributed by atoms with van der Waals surface area (Å²) in [5.74, 6) is 0.309. The summed E-state index contributed by atoms with van der Waals surface area (Å²) in [7, 11) is 1.61. The van der Waals surface area contributed by atoms with Crippen molar-refractivity contribution in [1.29, 1.82) is 5.26 Å². The molecule has 0 saturated carbocycles. The van der Waals surface area contributed by atoms with E-state index in [1.54, 1.807) is 49.7 Å². The molecule has 0 radical (unpaired) electrons. The lowest BCUT2D eigenvalue weighted by molar-refractivity contribution is 0.102. The molecule has 3 aromatic rings. The standard InChI is InChI=1S/C21H18N4O2/c1-14-7-8-20(27-2)18(11-14)24-16-9-10-23-19(12-16)21(26)25-17-6-4-3-5-15(17)13-22/h3-12H,1-2H3,(H,23,24)(H,25,26). The van der Waals surface area contributed by atoms with Crippen LogP contribution in [0.2, 0.25) is 0 Å². The van der Waals surface area contributed by atoms with Crippen LogP contribution in [0.3, 0.4) is 0 Å². The second kappa shape index (κ2) is 8.02. The van der Waals surface area contributed by atoms with Gasteiger partial charge in [0.05, 0.1) is 24.0 Å². The Morgan fingerprint density at radius 3 is 2.70 bits per heavy atom. The first-order valence-electron chi connectivity index (χ1n) is 8.29. The van der Waals surface area contributed by atoms with Crippen molar-refractivity contribution in [2.24, 2.45) is 0 Å². The maximum atomic E-state index is 12.5. The van der Waals surface area contributed by atoms with Crippen molar-refractivity contribution in [3.63, 3.8) is 0 Å². The molecule has 2 aromatic carbocycles. The first-order valence-corrected chi connectivity index (χ1v) is 8.29. The van der Waals surface area contributed by atoms with Gasteiger partial charge in [0.15, 0.2) is 0 Å². The summed E-state index contributed by atoms with van der Waals surface area (Å²) in [6.45, 7) is 1.99. The van der Waals surface area contributed by atoms with E-state index < -0.39 is 5.91 Å². The molecule has 0 saturated heterocycles. The number of nitrogens with zero attached hydrogens (tertiary/aromatic N) is 2. The van der Waals surface area contributed by atoms with Crippen LogP contribution in [0.5, 0.6) is 5.75 Å². The van der Waals surface area contributed by atoms with E-state index >= 15 is 0 Å². The highest BCUT2D eigenvalue weighted by Crippen LogP contribution is 2.28. The number of aromatic nitrogens is 1. The molecule has 134 valence electrons. The van der Waals surface area contributed by atoms with E-state index in [0.717, 1.165) is 11.3 Å². The van der Waals surface area contributed by atoms with E-state index in [0.29, 0.717) is 22.7 Å². The molecule has 0 spiro atoms. The SMILES string of the molecule is COc1ccc(C)cc1Nc1ccnc(C(=O)Nc2ccccc2C#N)c1. The number of pyridine rings is 1. The molecular formula is C21H18N4O2. The minimum atomic E-state index is -0.391. The van der Waals surface area contributed by atoms with E-state index in [1.165, 1.54) is 0 Å². The van der Waals surface area contributed by atoms with E-state index in [4.69, 9.17) is 10.00 Å². The number of aryl methyl sites for hydroxylation is 1. The predicted octanol–water partition coefficient (Wildman–Crippen LogP) is 4.27. The number of carbonyl (C=O) groups is 1. The highest BCUT2D eigenvalue weighted by molar-refractivity contribution is 6.04. The van der Waals surface area contributed by atoms with Gasteiger partial charge in [0, 0.05) is 11.9 Å². The Balaban J connectivity index is 1.82. The van der Waals surface area contributed by atoms with Crippen molar-refractivity contribution in [3.05, 3.63) is 77.6 Å². The van der Waals surface area contributed by atoms with Crippen LogP contribution in [0, 0.1) is 18.3 Å². The van der Waals surface area contributed by atoms with Crippen LogP contribution >= 0.6 is 0 Å². The largest absolute Gasteiger partial charge is 0.495 e. The minimum Gasteiger partial charge on any atom is -0.495 e. The molecule has 27 heavy (non-hydrogen) atoms. The topological polar surface area (TPSA) is 87.0 Å². The minimum absolute atomic E-state index is 0.236. The van der Waals surface area contributed by atoms with Crippen molar-refractivity contribution in [2.75, 3.05) is 17.7 Å². The molecule has 1 aromatic heterocycles. The molecule has 6 heteroatoms. The van der Waals surface area contributed by atoms with Crippen LogP contribution in [-0.4, -0.2) is 18.0 Å². The second-order valence-corrected chi connectivity index (χ2v) is 5.87. The first-order chi connectivity index (χ1) is 13.1. The maximum absolute atomic E-state index is 12.5. The summed E-state index contributed by atoms with van der Waals surface area (Å²) in [5.41, 5.74) is 3.66. The van der Waals surface area contributed by atoms with Crippen LogP contribution in [0.1, 0.15) is 21.6 Å². The summed E-state index contributed by atoms with van der Waals surface area (Å²) in [4.78, 5) is 16.7. The van der Waals surface area contributed by atoms with Crippen LogP contribution in [0.25, 0.3) is 0 Å². The normalized spacial score (nSPS) is 9.96. The van der Waals surface area contributed by atoms with Gasteiger partial charge in [-0.2, -0.15) is 5.26 Å². The smallest absolute Gasteiger partial charge is 0.274 e. The van der Waals surface area contributed by atoms with Crippen LogP contribution in [0.15, 0.2) is 60.8 Å². The number of para-hydroxylation sites is 1. The molecule has 0 bridgehead atoms. The third-order valence-electron chi connectivity index (χ3n) is 3.92. The molecule has 0 aliphatic heterocycles. The fourth-order valence-electron chi connectivity index (χ4n) is 2.58. The molecule has 2 N–H and O–H groups in total. The van der Waals surface area contributed by atoms with E-state index in [1.807, 2.05) is 25.1 Å². The summed E-state index contributed by atoms with van der Waals surface area (Å²) in [5, 5.41) is 15.1. The number of rotatable bonds is 5. The van der Waals surface area contributed by atoms with Gasteiger partial charge in [-0.25, -0.2) is 0 Å². The number of carbonyl (C=O) groups excluding carboxylic acids is 1. The Bertz CT molecular complexity index is 1020. The number of ether oxygens (including phenoxy) is 1. The fourth-order valence-corrected chi connectivity index (χ4v) is 2.58. The molecule has 0 aliphatic rings. The van der Waals surface area contributed by atoms with Gasteiger partial charge in [-0.1, -0.05) is 18.2 Å². The highest BCUT2D eigenvalue weighted by Gasteiger charge is 2.12. The lowest BCUT2D eigenvalue weighted by Crippen LogP contribution is -2.14. The van der Waals surface area contributed by atoms with Crippen LogP contribution in [0.4, 0.5) is 17.1 Å². The number of benzene rings is 2. The average molecular weight is 358 g/mol. The van der Waals surface area contributed by atoms with Crippen molar-refractivity contribution >= 4 is 23.0 Å². The molecule has 6 nitrogen and oxygen atoms in total. The lowest BCUT2D eigenvalue weighted by Gasteiger charge is -2.13. The van der Waals surface area contributed by atoms with Gasteiger partial charge in [-0.05, 0) is 48.9 Å². The van der Waals surface area contributed by atoms with Crippen molar-refractivity contribution in [2.45, 2.75) is 6.92 Å². The van der Waals surface area contributed by atoms with Gasteiger partial charge >= 0.3 is 0 Å². The Hall–Kier alpha value is -3.85. The summed E-state index contributed by atoms with van der Waals surface area (Å²) in [6, 6.07) is 18.1. The zero-order valence-electron chi connectivity index (χ0n) is 15.0. The Labute approximate surface area is 157 Å². The van der Waals surface area contributed by atoms with Gasteiger partial charge < -0.3 is 15.4 Å². The predicted molar refractivity (Wildman–Crippen MR) is 104 cm³/mol. The van der Waals surface area contributed by atoms with Crippen LogP contribution in [-0.2, 0) is 0 Å². The van der Waals surface area contributed by atoms with Gasteiger partial charge in [-0.15, -0.1) is 0 Å². The Kier molecular flexibility index (Phi) is 5.33. The third kappa shape index (κ3) is 4.22. The first kappa shape index (κ1) is 18.0. The summed E-state index contributed by atoms with van der Waals surface area (Å²) < 4.78 is 5.37. The average Bonchev–Trinajstić information content (AvgIpc) is 2.69. The third-order valence-corrected chi connectivity index (χ3v) is 3.92. The Morgan fingerprint density at radius 2 is 1.93 bits per heavy atom. The van der Waals surface area contributed by atoms with Gasteiger partial charge in [-0.3, -0.25) is 9.78 Å². The van der Waals surface area contributed by atoms with Gasteiger partial charge in [0.25, 0.3) is 5.91 Å². The molecule has 3 rings (SSSR count). The molecule has 1 heterocycles. The molecular weight excluding hydrogens is 340 g/mol. The number of methoxy groups -OCH3 is 1. The number of amides is 1. The molecule has 0 unspecified atom stereocenters. The quantitative estimate of drug-likeness (QED) is 0.711. The van der Waals surface area contributed by atoms with Gasteiger partial charge in [0.2, 0.25) is 0 Å². The van der Waals surface area contributed by atoms with Gasteiger partial charge in [0.1, 0.15) is 17.5 Å². The van der Waals surface area contributed by atoms with Crippen molar-refractivity contribution in [1.82, 2.24) is 4.98 Å². The second-order valence-electron chi connectivity index (χ2n) is 5.87. The van der Waals surface area contributed by atoms with E-state index in [2.05, 4.69) is 21.7 Å². The fraction of sp³-hybridized carbons (Fsp3) is 0.0952. The lowest BCUT2D eigenvalue weighted by atomic mass is 10.2. The number of hydrogen-bond donors (Lipinski definition) is 2. The highest BCUT2D eigenvalue weighted by atomic mass is 16.5. The van der Waals surface area contributed by atoms with Crippen molar-refractivity contribution < 1.29 is 9.53 Å². The van der Waals surface area contributed by atoms with Crippen LogP contribution < -0.4 is 15.4 Å².